The number of nitrogens with zero attached hydrogens (tertiary/aromatic N) is 1. The first-order valence-corrected chi connectivity index (χ1v) is 15.2. The molecule has 0 N–H and O–H groups in total. The second-order valence-corrected chi connectivity index (χ2v) is 12.0. The first-order chi connectivity index (χ1) is 20.6. The lowest BCUT2D eigenvalue weighted by atomic mass is 9.71. The summed E-state index contributed by atoms with van der Waals surface area (Å²) >= 11 is 0. The fraction of sp³-hybridized carbons (Fsp3) is 0.250. The molecule has 0 fully saturated rings. The molecule has 0 atom stereocenters. The monoisotopic (exact) mass is 569 g/mol. The van der Waals surface area contributed by atoms with E-state index < -0.39 is 5.41 Å². The number of ether oxygens (including phenoxy) is 2. The highest BCUT2D eigenvalue weighted by Crippen LogP contribution is 2.42. The molecule has 0 aliphatic rings. The molecular weight excluding hydrogens is 526 g/mol. The summed E-state index contributed by atoms with van der Waals surface area (Å²) in [5, 5.41) is 0. The molecule has 43 heavy (non-hydrogen) atoms. The van der Waals surface area contributed by atoms with Crippen LogP contribution < -0.4 is 14.4 Å². The Hall–Kier alpha value is -4.50. The summed E-state index contributed by atoms with van der Waals surface area (Å²) in [4.78, 5) is 2.34. The lowest BCUT2D eigenvalue weighted by Gasteiger charge is -2.33. The van der Waals surface area contributed by atoms with E-state index in [0.717, 1.165) is 22.9 Å². The van der Waals surface area contributed by atoms with Crippen LogP contribution in [0.4, 0.5) is 17.1 Å². The molecule has 0 bridgehead atoms. The molecule has 0 amide bonds. The molecule has 0 aliphatic heterocycles. The minimum atomic E-state index is -0.400. The van der Waals surface area contributed by atoms with Gasteiger partial charge in [-0.25, -0.2) is 0 Å². The molecule has 0 saturated carbocycles. The van der Waals surface area contributed by atoms with Crippen LogP contribution in [-0.4, -0.2) is 12.2 Å². The zero-order valence-corrected chi connectivity index (χ0v) is 26.5. The van der Waals surface area contributed by atoms with Crippen LogP contribution in [-0.2, 0) is 5.41 Å². The summed E-state index contributed by atoms with van der Waals surface area (Å²) in [6, 6.07) is 43.4. The van der Waals surface area contributed by atoms with Gasteiger partial charge in [0.2, 0.25) is 0 Å². The second-order valence-electron chi connectivity index (χ2n) is 12.0. The van der Waals surface area contributed by atoms with E-state index >= 15 is 0 Å². The van der Waals surface area contributed by atoms with Crippen molar-refractivity contribution in [2.45, 2.75) is 66.1 Å². The Labute approximate surface area is 257 Å². The van der Waals surface area contributed by atoms with E-state index in [0.29, 0.717) is 0 Å². The van der Waals surface area contributed by atoms with Crippen LogP contribution in [0.25, 0.3) is 0 Å². The lowest BCUT2D eigenvalue weighted by molar-refractivity contribution is 0.242. The van der Waals surface area contributed by atoms with Crippen LogP contribution in [0.3, 0.4) is 0 Å². The molecule has 220 valence electrons. The number of anilines is 3. The van der Waals surface area contributed by atoms with Crippen LogP contribution in [0.2, 0.25) is 0 Å². The van der Waals surface area contributed by atoms with E-state index in [1.807, 2.05) is 0 Å². The highest BCUT2D eigenvalue weighted by molar-refractivity contribution is 5.78. The van der Waals surface area contributed by atoms with E-state index in [1.54, 1.807) is 0 Å². The Kier molecular flexibility index (Phi) is 8.92. The van der Waals surface area contributed by atoms with Gasteiger partial charge in [-0.05, 0) is 125 Å². The average Bonchev–Trinajstić information content (AvgIpc) is 2.99. The third-order valence-electron chi connectivity index (χ3n) is 7.96. The van der Waals surface area contributed by atoms with Crippen LogP contribution in [0.1, 0.15) is 62.4 Å². The van der Waals surface area contributed by atoms with Gasteiger partial charge in [0.05, 0.1) is 12.2 Å². The zero-order valence-electron chi connectivity index (χ0n) is 26.5. The van der Waals surface area contributed by atoms with E-state index in [1.165, 1.54) is 33.5 Å². The smallest absolute Gasteiger partial charge is 0.119 e. The summed E-state index contributed by atoms with van der Waals surface area (Å²) in [5.41, 5.74) is 9.10. The summed E-state index contributed by atoms with van der Waals surface area (Å²) in [6.45, 7) is 14.8. The fourth-order valence-electron chi connectivity index (χ4n) is 5.66. The summed E-state index contributed by atoms with van der Waals surface area (Å²) in [5.74, 6) is 1.76. The van der Waals surface area contributed by atoms with Gasteiger partial charge >= 0.3 is 0 Å². The normalized spacial score (nSPS) is 11.6. The van der Waals surface area contributed by atoms with Crippen molar-refractivity contribution in [1.29, 1.82) is 0 Å². The van der Waals surface area contributed by atoms with Crippen LogP contribution in [0.15, 0.2) is 121 Å². The molecule has 0 aliphatic carbocycles. The molecular formula is C40H43NO2. The van der Waals surface area contributed by atoms with Gasteiger partial charge in [0, 0.05) is 22.5 Å². The van der Waals surface area contributed by atoms with E-state index in [-0.39, 0.29) is 12.2 Å². The molecule has 5 aromatic rings. The van der Waals surface area contributed by atoms with E-state index in [4.69, 9.17) is 9.47 Å². The molecule has 0 heterocycles. The maximum Gasteiger partial charge on any atom is 0.119 e. The SMILES string of the molecule is Cc1ccc(N(c2ccc(C(C)(c3ccc(OC(C)C)cc3)c3ccc(OC(C)C)cc3)cc2)c2ccccc2C)cc1. The Bertz CT molecular complexity index is 1560. The third kappa shape index (κ3) is 6.62. The summed E-state index contributed by atoms with van der Waals surface area (Å²) in [7, 11) is 0. The molecule has 0 aromatic heterocycles. The van der Waals surface area contributed by atoms with Crippen molar-refractivity contribution in [1.82, 2.24) is 0 Å². The van der Waals surface area contributed by atoms with E-state index in [9.17, 15) is 0 Å². The maximum atomic E-state index is 5.97. The van der Waals surface area contributed by atoms with Crippen LogP contribution >= 0.6 is 0 Å². The Balaban J connectivity index is 1.60. The van der Waals surface area contributed by atoms with Gasteiger partial charge in [-0.2, -0.15) is 0 Å². The average molecular weight is 570 g/mol. The third-order valence-corrected chi connectivity index (χ3v) is 7.96. The van der Waals surface area contributed by atoms with Gasteiger partial charge in [-0.1, -0.05) is 72.3 Å². The first kappa shape index (κ1) is 30.0. The minimum Gasteiger partial charge on any atom is -0.491 e. The maximum absolute atomic E-state index is 5.97. The standard InChI is InChI=1S/C40H43NO2/c1-28(2)42-37-24-16-33(17-25-37)40(7,34-18-26-38(27-19-34)43-29(3)4)32-14-22-36(23-15-32)41(35-20-12-30(5)13-21-35)39-11-9-8-10-31(39)6/h8-29H,1-7H3. The topological polar surface area (TPSA) is 21.7 Å². The number of rotatable bonds is 10. The van der Waals surface area contributed by atoms with Crippen molar-refractivity contribution < 1.29 is 9.47 Å². The van der Waals surface area contributed by atoms with Crippen molar-refractivity contribution in [3.8, 4) is 11.5 Å². The van der Waals surface area contributed by atoms with Crippen molar-refractivity contribution in [3.63, 3.8) is 0 Å². The highest BCUT2D eigenvalue weighted by atomic mass is 16.5. The Morgan fingerprint density at radius 3 is 1.33 bits per heavy atom. The Morgan fingerprint density at radius 2 is 0.907 bits per heavy atom. The molecule has 5 aromatic carbocycles. The number of hydrogen-bond acceptors (Lipinski definition) is 3. The van der Waals surface area contributed by atoms with Gasteiger partial charge in [-0.3, -0.25) is 0 Å². The highest BCUT2D eigenvalue weighted by Gasteiger charge is 2.32. The van der Waals surface area contributed by atoms with Crippen molar-refractivity contribution in [2.24, 2.45) is 0 Å². The van der Waals surface area contributed by atoms with Gasteiger partial charge < -0.3 is 14.4 Å². The number of benzene rings is 5. The number of aryl methyl sites for hydroxylation is 2. The van der Waals surface area contributed by atoms with Crippen LogP contribution in [0.5, 0.6) is 11.5 Å². The molecule has 0 spiro atoms. The van der Waals surface area contributed by atoms with Gasteiger partial charge in [0.1, 0.15) is 11.5 Å². The van der Waals surface area contributed by atoms with Crippen LogP contribution in [0, 0.1) is 13.8 Å². The Morgan fingerprint density at radius 1 is 0.512 bits per heavy atom. The van der Waals surface area contributed by atoms with Gasteiger partial charge in [-0.15, -0.1) is 0 Å². The lowest BCUT2D eigenvalue weighted by Crippen LogP contribution is -2.25. The molecule has 0 unspecified atom stereocenters. The summed E-state index contributed by atoms with van der Waals surface area (Å²) in [6.07, 6.45) is 0.256. The predicted octanol–water partition coefficient (Wildman–Crippen LogP) is 10.7. The van der Waals surface area contributed by atoms with Gasteiger partial charge in [0.15, 0.2) is 0 Å². The predicted molar refractivity (Wildman–Crippen MR) is 181 cm³/mol. The van der Waals surface area contributed by atoms with Crippen molar-refractivity contribution >= 4 is 17.1 Å². The molecule has 0 saturated heterocycles. The molecule has 3 heteroatoms. The molecule has 3 nitrogen and oxygen atoms in total. The van der Waals surface area contributed by atoms with Crippen molar-refractivity contribution in [3.05, 3.63) is 149 Å². The minimum absolute atomic E-state index is 0.128. The molecule has 5 rings (SSSR count). The zero-order chi connectivity index (χ0) is 30.6. The second kappa shape index (κ2) is 12.8. The molecule has 0 radical (unpaired) electrons. The van der Waals surface area contributed by atoms with Gasteiger partial charge in [0.25, 0.3) is 0 Å². The largest absolute Gasteiger partial charge is 0.491 e. The number of para-hydroxylation sites is 1. The van der Waals surface area contributed by atoms with Crippen molar-refractivity contribution in [2.75, 3.05) is 4.90 Å². The fourth-order valence-corrected chi connectivity index (χ4v) is 5.66. The number of hydrogen-bond donors (Lipinski definition) is 0. The quantitative estimate of drug-likeness (QED) is 0.156. The van der Waals surface area contributed by atoms with E-state index in [2.05, 4.69) is 175 Å². The summed E-state index contributed by atoms with van der Waals surface area (Å²) < 4.78 is 11.9. The first-order valence-electron chi connectivity index (χ1n) is 15.2.